The highest BCUT2D eigenvalue weighted by atomic mass is 16.5. The number of fused-ring (bicyclic) bond motifs is 1. The molecule has 6 heteroatoms. The summed E-state index contributed by atoms with van der Waals surface area (Å²) in [7, 11) is 0. The molecular formula is C19H24N2O4. The van der Waals surface area contributed by atoms with Crippen molar-refractivity contribution in [1.82, 2.24) is 9.80 Å². The summed E-state index contributed by atoms with van der Waals surface area (Å²) in [6, 6.07) is 7.67. The number of aliphatic hydroxyl groups is 1. The van der Waals surface area contributed by atoms with Gasteiger partial charge in [0.25, 0.3) is 5.91 Å². The molecule has 1 N–H and O–H groups in total. The second kappa shape index (κ2) is 6.44. The SMILES string of the molecule is Cc1c(C(=O)N2CC[C@](O)(CN3CCOCC3)C2)oc2ccccc12. The summed E-state index contributed by atoms with van der Waals surface area (Å²) in [6.07, 6.45) is 0.593. The molecule has 6 nitrogen and oxygen atoms in total. The van der Waals surface area contributed by atoms with Crippen LogP contribution in [0.5, 0.6) is 0 Å². The molecule has 1 aromatic carbocycles. The van der Waals surface area contributed by atoms with Crippen LogP contribution < -0.4 is 0 Å². The minimum absolute atomic E-state index is 0.133. The van der Waals surface area contributed by atoms with E-state index in [4.69, 9.17) is 9.15 Å². The Bertz CT molecular complexity index is 781. The molecule has 3 heterocycles. The number of morpholine rings is 1. The molecule has 1 aromatic heterocycles. The van der Waals surface area contributed by atoms with Crippen molar-refractivity contribution in [1.29, 1.82) is 0 Å². The van der Waals surface area contributed by atoms with Gasteiger partial charge in [0.1, 0.15) is 5.58 Å². The molecule has 2 fully saturated rings. The first-order valence-electron chi connectivity index (χ1n) is 8.86. The van der Waals surface area contributed by atoms with E-state index in [0.717, 1.165) is 29.6 Å². The predicted octanol–water partition coefficient (Wildman–Crippen LogP) is 1.65. The zero-order valence-electron chi connectivity index (χ0n) is 14.5. The zero-order valence-corrected chi connectivity index (χ0v) is 14.5. The number of amides is 1. The Morgan fingerprint density at radius 3 is 2.76 bits per heavy atom. The molecule has 0 radical (unpaired) electrons. The maximum Gasteiger partial charge on any atom is 0.289 e. The summed E-state index contributed by atoms with van der Waals surface area (Å²) in [5.41, 5.74) is 0.739. The first-order valence-corrected chi connectivity index (χ1v) is 8.86. The van der Waals surface area contributed by atoms with E-state index < -0.39 is 5.60 Å². The monoisotopic (exact) mass is 344 g/mol. The van der Waals surface area contributed by atoms with Crippen molar-refractivity contribution in [3.05, 3.63) is 35.6 Å². The summed E-state index contributed by atoms with van der Waals surface area (Å²) in [5, 5.41) is 11.9. The number of para-hydroxylation sites is 1. The van der Waals surface area contributed by atoms with Crippen LogP contribution in [-0.2, 0) is 4.74 Å². The second-order valence-electron chi connectivity index (χ2n) is 7.14. The van der Waals surface area contributed by atoms with Gasteiger partial charge >= 0.3 is 0 Å². The maximum absolute atomic E-state index is 12.9. The van der Waals surface area contributed by atoms with E-state index in [2.05, 4.69) is 4.90 Å². The van der Waals surface area contributed by atoms with E-state index in [1.165, 1.54) is 0 Å². The quantitative estimate of drug-likeness (QED) is 0.917. The van der Waals surface area contributed by atoms with Crippen LogP contribution in [0.25, 0.3) is 11.0 Å². The molecule has 2 saturated heterocycles. The average Bonchev–Trinajstić information content (AvgIpc) is 3.17. The number of benzene rings is 1. The maximum atomic E-state index is 12.9. The van der Waals surface area contributed by atoms with Gasteiger partial charge in [-0.05, 0) is 19.4 Å². The smallest absolute Gasteiger partial charge is 0.289 e. The highest BCUT2D eigenvalue weighted by Gasteiger charge is 2.41. The number of likely N-dealkylation sites (tertiary alicyclic amines) is 1. The Morgan fingerprint density at radius 1 is 1.24 bits per heavy atom. The summed E-state index contributed by atoms with van der Waals surface area (Å²) < 4.78 is 11.1. The first-order chi connectivity index (χ1) is 12.1. The number of hydrogen-bond acceptors (Lipinski definition) is 5. The van der Waals surface area contributed by atoms with Crippen LogP contribution in [0, 0.1) is 6.92 Å². The number of nitrogens with zero attached hydrogens (tertiary/aromatic N) is 2. The third-order valence-corrected chi connectivity index (χ3v) is 5.28. The lowest BCUT2D eigenvalue weighted by atomic mass is 10.0. The topological polar surface area (TPSA) is 66.2 Å². The fourth-order valence-corrected chi connectivity index (χ4v) is 3.86. The number of carbonyl (C=O) groups excluding carboxylic acids is 1. The van der Waals surface area contributed by atoms with Gasteiger partial charge in [-0.15, -0.1) is 0 Å². The third-order valence-electron chi connectivity index (χ3n) is 5.28. The van der Waals surface area contributed by atoms with Gasteiger partial charge in [0.05, 0.1) is 25.4 Å². The summed E-state index contributed by atoms with van der Waals surface area (Å²) in [5.74, 6) is 0.253. The van der Waals surface area contributed by atoms with Crippen LogP contribution >= 0.6 is 0 Å². The van der Waals surface area contributed by atoms with Crippen LogP contribution in [0.4, 0.5) is 0 Å². The standard InChI is InChI=1S/C19H24N2O4/c1-14-15-4-2-3-5-16(15)25-17(14)18(22)21-7-6-19(23,13-21)12-20-8-10-24-11-9-20/h2-5,23H,6-13H2,1H3/t19-/m0/s1. The van der Waals surface area contributed by atoms with E-state index in [9.17, 15) is 9.90 Å². The fraction of sp³-hybridized carbons (Fsp3) is 0.526. The van der Waals surface area contributed by atoms with Gasteiger partial charge in [-0.1, -0.05) is 18.2 Å². The Labute approximate surface area is 146 Å². The van der Waals surface area contributed by atoms with Crippen LogP contribution in [0.1, 0.15) is 22.5 Å². The van der Waals surface area contributed by atoms with Gasteiger partial charge in [-0.25, -0.2) is 0 Å². The molecule has 4 rings (SSSR count). The summed E-state index contributed by atoms with van der Waals surface area (Å²) in [6.45, 7) is 6.47. The van der Waals surface area contributed by atoms with Gasteiger partial charge in [0.2, 0.25) is 0 Å². The van der Waals surface area contributed by atoms with Crippen molar-refractivity contribution in [3.63, 3.8) is 0 Å². The number of carbonyl (C=O) groups is 1. The fourth-order valence-electron chi connectivity index (χ4n) is 3.86. The number of hydrogen-bond donors (Lipinski definition) is 1. The molecule has 1 amide bonds. The van der Waals surface area contributed by atoms with Crippen molar-refractivity contribution < 1.29 is 19.1 Å². The molecule has 2 aromatic rings. The molecule has 0 unspecified atom stereocenters. The van der Waals surface area contributed by atoms with Gasteiger partial charge < -0.3 is 19.2 Å². The van der Waals surface area contributed by atoms with Gasteiger partial charge in [-0.2, -0.15) is 0 Å². The molecule has 134 valence electrons. The average molecular weight is 344 g/mol. The number of β-amino-alcohol motifs (C(OH)–C–C–N with tert-alkyl or cyclic N) is 1. The lowest BCUT2D eigenvalue weighted by Crippen LogP contribution is -2.49. The molecule has 0 spiro atoms. The van der Waals surface area contributed by atoms with E-state index in [1.807, 2.05) is 31.2 Å². The molecule has 2 aliphatic heterocycles. The first kappa shape index (κ1) is 16.6. The number of ether oxygens (including phenoxy) is 1. The number of aryl methyl sites for hydroxylation is 1. The molecule has 0 bridgehead atoms. The Balaban J connectivity index is 1.48. The van der Waals surface area contributed by atoms with Crippen molar-refractivity contribution in [2.24, 2.45) is 0 Å². The van der Waals surface area contributed by atoms with Gasteiger partial charge in [0.15, 0.2) is 5.76 Å². The van der Waals surface area contributed by atoms with E-state index in [-0.39, 0.29) is 5.91 Å². The van der Waals surface area contributed by atoms with Crippen LogP contribution in [0.2, 0.25) is 0 Å². The Kier molecular flexibility index (Phi) is 4.27. The Morgan fingerprint density at radius 2 is 2.00 bits per heavy atom. The van der Waals surface area contributed by atoms with Crippen LogP contribution in [0.3, 0.4) is 0 Å². The van der Waals surface area contributed by atoms with Crippen molar-refractivity contribution in [2.75, 3.05) is 45.9 Å². The second-order valence-corrected chi connectivity index (χ2v) is 7.14. The lowest BCUT2D eigenvalue weighted by molar-refractivity contribution is -0.0258. The van der Waals surface area contributed by atoms with Crippen molar-refractivity contribution >= 4 is 16.9 Å². The Hall–Kier alpha value is -1.89. The van der Waals surface area contributed by atoms with Crippen LogP contribution in [-0.4, -0.2) is 72.4 Å². The lowest BCUT2D eigenvalue weighted by Gasteiger charge is -2.33. The molecule has 0 aliphatic carbocycles. The molecule has 1 atom stereocenters. The van der Waals surface area contributed by atoms with E-state index in [1.54, 1.807) is 4.90 Å². The minimum atomic E-state index is -0.854. The summed E-state index contributed by atoms with van der Waals surface area (Å²) >= 11 is 0. The van der Waals surface area contributed by atoms with E-state index in [0.29, 0.717) is 45.0 Å². The molecule has 25 heavy (non-hydrogen) atoms. The van der Waals surface area contributed by atoms with E-state index >= 15 is 0 Å². The molecular weight excluding hydrogens is 320 g/mol. The van der Waals surface area contributed by atoms with Gasteiger partial charge in [-0.3, -0.25) is 9.69 Å². The number of furan rings is 1. The summed E-state index contributed by atoms with van der Waals surface area (Å²) in [4.78, 5) is 16.8. The highest BCUT2D eigenvalue weighted by Crippen LogP contribution is 2.29. The largest absolute Gasteiger partial charge is 0.451 e. The van der Waals surface area contributed by atoms with Gasteiger partial charge in [0, 0.05) is 37.1 Å². The predicted molar refractivity (Wildman–Crippen MR) is 93.7 cm³/mol. The van der Waals surface area contributed by atoms with Crippen LogP contribution in [0.15, 0.2) is 28.7 Å². The van der Waals surface area contributed by atoms with Crippen molar-refractivity contribution in [3.8, 4) is 0 Å². The minimum Gasteiger partial charge on any atom is -0.451 e. The molecule has 0 saturated carbocycles. The molecule has 2 aliphatic rings. The van der Waals surface area contributed by atoms with Crippen molar-refractivity contribution in [2.45, 2.75) is 18.9 Å². The zero-order chi connectivity index (χ0) is 17.4. The highest BCUT2D eigenvalue weighted by molar-refractivity contribution is 5.99. The number of rotatable bonds is 3. The normalized spacial score (nSPS) is 25.0. The third kappa shape index (κ3) is 3.17.